The number of fused-ring (bicyclic) bond motifs is 1. The van der Waals surface area contributed by atoms with Crippen molar-refractivity contribution < 1.29 is 4.74 Å². The van der Waals surface area contributed by atoms with Crippen LogP contribution in [0, 0.1) is 0 Å². The van der Waals surface area contributed by atoms with Gasteiger partial charge < -0.3 is 4.74 Å². The minimum atomic E-state index is 0.468. The number of benzene rings is 3. The van der Waals surface area contributed by atoms with Gasteiger partial charge in [0.1, 0.15) is 5.75 Å². The van der Waals surface area contributed by atoms with Gasteiger partial charge in [0.15, 0.2) is 0 Å². The monoisotopic (exact) mass is 312 g/mol. The lowest BCUT2D eigenvalue weighted by Crippen LogP contribution is -2.30. The first-order chi connectivity index (χ1) is 11.9. The molecular weight excluding hydrogens is 292 g/mol. The quantitative estimate of drug-likeness (QED) is 0.610. The Morgan fingerprint density at radius 1 is 0.708 bits per heavy atom. The number of hydrogen-bond donors (Lipinski definition) is 0. The summed E-state index contributed by atoms with van der Waals surface area (Å²) in [7, 11) is 1.73. The molecule has 0 amide bonds. The van der Waals surface area contributed by atoms with Crippen LogP contribution in [0.2, 0.25) is 0 Å². The molecule has 0 spiro atoms. The average molecular weight is 312 g/mol. The van der Waals surface area contributed by atoms with Crippen LogP contribution in [0.25, 0.3) is 0 Å². The minimum absolute atomic E-state index is 0.468. The predicted octanol–water partition coefficient (Wildman–Crippen LogP) is 5.46. The molecule has 3 aromatic rings. The van der Waals surface area contributed by atoms with E-state index in [2.05, 4.69) is 72.8 Å². The summed E-state index contributed by atoms with van der Waals surface area (Å²) in [5, 5.41) is 0. The van der Waals surface area contributed by atoms with Gasteiger partial charge in [0.05, 0.1) is 7.11 Å². The fourth-order valence-electron chi connectivity index (χ4n) is 4.82. The SMILES string of the molecule is COc1ccc(C2CC3c4ccccc4C2c2ccccc23)cc1. The van der Waals surface area contributed by atoms with Crippen molar-refractivity contribution in [3.8, 4) is 5.75 Å². The van der Waals surface area contributed by atoms with E-state index in [-0.39, 0.29) is 0 Å². The van der Waals surface area contributed by atoms with E-state index in [1.165, 1.54) is 34.2 Å². The molecule has 0 N–H and O–H groups in total. The van der Waals surface area contributed by atoms with Crippen molar-refractivity contribution in [2.24, 2.45) is 0 Å². The molecule has 0 saturated heterocycles. The maximum atomic E-state index is 5.33. The second-order valence-electron chi connectivity index (χ2n) is 6.90. The first kappa shape index (κ1) is 13.9. The maximum absolute atomic E-state index is 5.33. The van der Waals surface area contributed by atoms with Crippen LogP contribution in [0.15, 0.2) is 72.8 Å². The van der Waals surface area contributed by atoms with Gasteiger partial charge in [-0.3, -0.25) is 0 Å². The smallest absolute Gasteiger partial charge is 0.118 e. The Bertz CT molecular complexity index is 846. The van der Waals surface area contributed by atoms with Crippen LogP contribution in [0.1, 0.15) is 52.0 Å². The van der Waals surface area contributed by atoms with Crippen LogP contribution in [0.4, 0.5) is 0 Å². The summed E-state index contributed by atoms with van der Waals surface area (Å²) in [5.74, 6) is 2.47. The van der Waals surface area contributed by atoms with Crippen molar-refractivity contribution in [1.82, 2.24) is 0 Å². The molecule has 1 unspecified atom stereocenters. The third kappa shape index (κ3) is 1.88. The first-order valence-electron chi connectivity index (χ1n) is 8.68. The summed E-state index contributed by atoms with van der Waals surface area (Å²) in [6, 6.07) is 26.7. The lowest BCUT2D eigenvalue weighted by atomic mass is 9.58. The summed E-state index contributed by atoms with van der Waals surface area (Å²) >= 11 is 0. The average Bonchev–Trinajstić information content (AvgIpc) is 2.68. The van der Waals surface area contributed by atoms with Crippen LogP contribution in [0.3, 0.4) is 0 Å². The van der Waals surface area contributed by atoms with Crippen molar-refractivity contribution in [3.05, 3.63) is 101 Å². The van der Waals surface area contributed by atoms with Gasteiger partial charge in [0, 0.05) is 11.8 Å². The molecule has 0 saturated carbocycles. The van der Waals surface area contributed by atoms with Gasteiger partial charge in [-0.2, -0.15) is 0 Å². The fourth-order valence-corrected chi connectivity index (χ4v) is 4.82. The highest BCUT2D eigenvalue weighted by Gasteiger charge is 2.43. The van der Waals surface area contributed by atoms with Crippen LogP contribution in [0.5, 0.6) is 5.75 Å². The fraction of sp³-hybridized carbons (Fsp3) is 0.217. The Morgan fingerprint density at radius 3 is 1.79 bits per heavy atom. The second-order valence-corrected chi connectivity index (χ2v) is 6.90. The highest BCUT2D eigenvalue weighted by Crippen LogP contribution is 2.58. The highest BCUT2D eigenvalue weighted by atomic mass is 16.5. The van der Waals surface area contributed by atoms with E-state index in [1.54, 1.807) is 7.11 Å². The normalized spacial score (nSPS) is 23.5. The number of hydrogen-bond acceptors (Lipinski definition) is 1. The number of methoxy groups -OCH3 is 1. The van der Waals surface area contributed by atoms with Gasteiger partial charge in [-0.25, -0.2) is 0 Å². The Hall–Kier alpha value is -2.54. The summed E-state index contributed by atoms with van der Waals surface area (Å²) in [6.07, 6.45) is 1.20. The maximum Gasteiger partial charge on any atom is 0.118 e. The molecule has 1 nitrogen and oxygen atoms in total. The molecular formula is C23H20O. The van der Waals surface area contributed by atoms with Crippen molar-refractivity contribution >= 4 is 0 Å². The van der Waals surface area contributed by atoms with Crippen LogP contribution >= 0.6 is 0 Å². The van der Waals surface area contributed by atoms with E-state index in [4.69, 9.17) is 4.74 Å². The Kier molecular flexibility index (Phi) is 3.02. The molecule has 0 heterocycles. The molecule has 0 aliphatic heterocycles. The number of rotatable bonds is 2. The zero-order valence-electron chi connectivity index (χ0n) is 13.8. The molecule has 24 heavy (non-hydrogen) atoms. The van der Waals surface area contributed by atoms with Crippen LogP contribution in [-0.2, 0) is 0 Å². The van der Waals surface area contributed by atoms with E-state index in [9.17, 15) is 0 Å². The van der Waals surface area contributed by atoms with E-state index < -0.39 is 0 Å². The largest absolute Gasteiger partial charge is 0.497 e. The molecule has 1 heteroatoms. The Labute approximate surface area is 142 Å². The molecule has 1 atom stereocenters. The van der Waals surface area contributed by atoms with Crippen LogP contribution < -0.4 is 4.74 Å². The molecule has 0 radical (unpaired) electrons. The van der Waals surface area contributed by atoms with Gasteiger partial charge in [0.2, 0.25) is 0 Å². The molecule has 0 fully saturated rings. The predicted molar refractivity (Wildman–Crippen MR) is 96.9 cm³/mol. The second kappa shape index (κ2) is 5.24. The molecule has 2 bridgehead atoms. The van der Waals surface area contributed by atoms with Crippen molar-refractivity contribution in [1.29, 1.82) is 0 Å². The molecule has 3 aliphatic rings. The van der Waals surface area contributed by atoms with E-state index in [1.807, 2.05) is 0 Å². The molecule has 6 rings (SSSR count). The zero-order chi connectivity index (χ0) is 16.1. The van der Waals surface area contributed by atoms with Gasteiger partial charge in [-0.15, -0.1) is 0 Å². The summed E-state index contributed by atoms with van der Waals surface area (Å²) < 4.78 is 5.33. The molecule has 3 aromatic carbocycles. The third-order valence-electron chi connectivity index (χ3n) is 5.85. The van der Waals surface area contributed by atoms with Crippen LogP contribution in [-0.4, -0.2) is 7.11 Å². The Balaban J connectivity index is 1.68. The lowest BCUT2D eigenvalue weighted by Gasteiger charge is -2.45. The molecule has 3 aliphatic carbocycles. The standard InChI is InChI=1S/C23H20O/c1-24-16-12-10-15(11-13-16)21-14-22-17-6-2-4-8-19(17)23(21)20-9-5-3-7-18(20)22/h2-13,21-23H,14H2,1H3. The van der Waals surface area contributed by atoms with Gasteiger partial charge >= 0.3 is 0 Å². The van der Waals surface area contributed by atoms with Crippen molar-refractivity contribution in [2.45, 2.75) is 24.2 Å². The van der Waals surface area contributed by atoms with Gasteiger partial charge in [-0.05, 0) is 52.3 Å². The van der Waals surface area contributed by atoms with Crippen molar-refractivity contribution in [3.63, 3.8) is 0 Å². The zero-order valence-corrected chi connectivity index (χ0v) is 13.8. The van der Waals surface area contributed by atoms with E-state index in [0.29, 0.717) is 17.8 Å². The minimum Gasteiger partial charge on any atom is -0.497 e. The molecule has 0 aromatic heterocycles. The number of ether oxygens (including phenoxy) is 1. The topological polar surface area (TPSA) is 9.23 Å². The van der Waals surface area contributed by atoms with Gasteiger partial charge in [-0.1, -0.05) is 60.7 Å². The summed E-state index contributed by atoms with van der Waals surface area (Å²) in [4.78, 5) is 0. The van der Waals surface area contributed by atoms with E-state index in [0.717, 1.165) is 5.75 Å². The molecule has 118 valence electrons. The van der Waals surface area contributed by atoms with E-state index >= 15 is 0 Å². The summed E-state index contributed by atoms with van der Waals surface area (Å²) in [6.45, 7) is 0. The van der Waals surface area contributed by atoms with Gasteiger partial charge in [0.25, 0.3) is 0 Å². The highest BCUT2D eigenvalue weighted by molar-refractivity contribution is 5.58. The lowest BCUT2D eigenvalue weighted by molar-refractivity contribution is 0.413. The third-order valence-corrected chi connectivity index (χ3v) is 5.85. The first-order valence-corrected chi connectivity index (χ1v) is 8.68. The Morgan fingerprint density at radius 2 is 1.25 bits per heavy atom. The van der Waals surface area contributed by atoms with Crippen molar-refractivity contribution in [2.75, 3.05) is 7.11 Å². The summed E-state index contributed by atoms with van der Waals surface area (Å²) in [5.41, 5.74) is 7.54.